The molecule has 1 atom stereocenters. The van der Waals surface area contributed by atoms with E-state index in [1.807, 2.05) is 56.3 Å². The van der Waals surface area contributed by atoms with E-state index in [-0.39, 0.29) is 5.78 Å². The predicted octanol–water partition coefficient (Wildman–Crippen LogP) is 5.31. The van der Waals surface area contributed by atoms with Crippen LogP contribution in [0.15, 0.2) is 72.8 Å². The van der Waals surface area contributed by atoms with Crippen LogP contribution in [0.3, 0.4) is 0 Å². The Hall–Kier alpha value is -3.40. The number of carbonyl (C=O) groups excluding carboxylic acids is 2. The summed E-state index contributed by atoms with van der Waals surface area (Å²) >= 11 is 0. The molecular weight excluding hydrogens is 364 g/mol. The number of Topliss-reactive ketones (excluding diaryl/α,β-unsaturated/α-hetero) is 1. The van der Waals surface area contributed by atoms with Crippen LogP contribution in [0, 0.1) is 13.8 Å². The summed E-state index contributed by atoms with van der Waals surface area (Å²) in [6.45, 7) is 5.98. The summed E-state index contributed by atoms with van der Waals surface area (Å²) in [5.74, 6) is -0.0989. The van der Waals surface area contributed by atoms with Crippen molar-refractivity contribution in [2.75, 3.05) is 0 Å². The highest BCUT2D eigenvalue weighted by molar-refractivity contribution is 6.01. The van der Waals surface area contributed by atoms with Crippen LogP contribution < -0.4 is 4.74 Å². The van der Waals surface area contributed by atoms with Gasteiger partial charge in [-0.1, -0.05) is 42.5 Å². The number of carbonyl (C=O) groups is 2. The maximum absolute atomic E-state index is 12.6. The number of esters is 1. The molecule has 148 valence electrons. The summed E-state index contributed by atoms with van der Waals surface area (Å²) in [7, 11) is 0. The number of benzene rings is 3. The first-order chi connectivity index (χ1) is 13.9. The summed E-state index contributed by atoms with van der Waals surface area (Å²) < 4.78 is 11.1. The van der Waals surface area contributed by atoms with Gasteiger partial charge in [0, 0.05) is 5.56 Å². The van der Waals surface area contributed by atoms with Crippen LogP contribution in [0.25, 0.3) is 0 Å². The van der Waals surface area contributed by atoms with Crippen molar-refractivity contribution in [2.45, 2.75) is 33.5 Å². The average Bonchev–Trinajstić information content (AvgIpc) is 2.74. The Morgan fingerprint density at radius 2 is 1.48 bits per heavy atom. The minimum atomic E-state index is -0.862. The zero-order valence-corrected chi connectivity index (χ0v) is 16.8. The second kappa shape index (κ2) is 9.20. The Kier molecular flexibility index (Phi) is 6.45. The molecule has 0 amide bonds. The zero-order chi connectivity index (χ0) is 20.8. The highest BCUT2D eigenvalue weighted by Crippen LogP contribution is 2.17. The van der Waals surface area contributed by atoms with Crippen LogP contribution >= 0.6 is 0 Å². The van der Waals surface area contributed by atoms with E-state index in [0.717, 1.165) is 16.7 Å². The number of ether oxygens (including phenoxy) is 2. The summed E-state index contributed by atoms with van der Waals surface area (Å²) in [5, 5.41) is 0. The van der Waals surface area contributed by atoms with Crippen molar-refractivity contribution in [2.24, 2.45) is 0 Å². The molecule has 0 bridgehead atoms. The first-order valence-electron chi connectivity index (χ1n) is 9.53. The molecule has 0 aromatic heterocycles. The third kappa shape index (κ3) is 5.32. The fourth-order valence-corrected chi connectivity index (χ4v) is 2.84. The van der Waals surface area contributed by atoms with Gasteiger partial charge in [-0.05, 0) is 67.8 Å². The summed E-state index contributed by atoms with van der Waals surface area (Å²) in [6, 6.07) is 22.0. The smallest absolute Gasteiger partial charge is 0.338 e. The van der Waals surface area contributed by atoms with Crippen LogP contribution in [0.4, 0.5) is 0 Å². The molecule has 4 heteroatoms. The van der Waals surface area contributed by atoms with Crippen molar-refractivity contribution in [1.29, 1.82) is 0 Å². The van der Waals surface area contributed by atoms with Gasteiger partial charge in [-0.2, -0.15) is 0 Å². The molecule has 0 heterocycles. The maximum atomic E-state index is 12.6. The zero-order valence-electron chi connectivity index (χ0n) is 16.8. The standard InChI is InChI=1S/C25H24O4/c1-17-9-10-22(15-18(17)2)24(26)19(3)29-25(27)21-11-13-23(14-12-21)28-16-20-7-5-4-6-8-20/h4-15,19H,16H2,1-3H3/t19-/m0/s1. The maximum Gasteiger partial charge on any atom is 0.338 e. The normalized spacial score (nSPS) is 11.6. The lowest BCUT2D eigenvalue weighted by molar-refractivity contribution is 0.0318. The fourth-order valence-electron chi connectivity index (χ4n) is 2.84. The molecule has 0 aliphatic carbocycles. The summed E-state index contributed by atoms with van der Waals surface area (Å²) in [6.07, 6.45) is -0.862. The Balaban J connectivity index is 1.58. The molecule has 0 saturated carbocycles. The molecular formula is C25H24O4. The van der Waals surface area contributed by atoms with E-state index >= 15 is 0 Å². The van der Waals surface area contributed by atoms with E-state index in [4.69, 9.17) is 9.47 Å². The van der Waals surface area contributed by atoms with E-state index in [1.165, 1.54) is 0 Å². The number of hydrogen-bond acceptors (Lipinski definition) is 4. The van der Waals surface area contributed by atoms with Crippen LogP contribution in [0.1, 0.15) is 44.3 Å². The SMILES string of the molecule is Cc1ccc(C(=O)[C@H](C)OC(=O)c2ccc(OCc3ccccc3)cc2)cc1C. The van der Waals surface area contributed by atoms with Gasteiger partial charge in [0.25, 0.3) is 0 Å². The van der Waals surface area contributed by atoms with Crippen molar-refractivity contribution in [3.05, 3.63) is 101 Å². The van der Waals surface area contributed by atoms with Crippen LogP contribution in [-0.2, 0) is 11.3 Å². The van der Waals surface area contributed by atoms with Crippen molar-refractivity contribution in [1.82, 2.24) is 0 Å². The summed E-state index contributed by atoms with van der Waals surface area (Å²) in [5.41, 5.74) is 4.12. The number of hydrogen-bond donors (Lipinski definition) is 0. The first kappa shape index (κ1) is 20.3. The van der Waals surface area contributed by atoms with Gasteiger partial charge >= 0.3 is 5.97 Å². The molecule has 3 rings (SSSR count). The molecule has 0 fully saturated rings. The summed E-state index contributed by atoms with van der Waals surface area (Å²) in [4.78, 5) is 24.9. The van der Waals surface area contributed by atoms with E-state index in [1.54, 1.807) is 37.3 Å². The monoisotopic (exact) mass is 388 g/mol. The highest BCUT2D eigenvalue weighted by Gasteiger charge is 2.20. The highest BCUT2D eigenvalue weighted by atomic mass is 16.5. The molecule has 0 aliphatic rings. The molecule has 3 aromatic rings. The molecule has 0 unspecified atom stereocenters. The van der Waals surface area contributed by atoms with E-state index in [9.17, 15) is 9.59 Å². The van der Waals surface area contributed by atoms with Gasteiger partial charge in [0.2, 0.25) is 5.78 Å². The molecule has 0 saturated heterocycles. The fraction of sp³-hybridized carbons (Fsp3) is 0.200. The molecule has 0 aliphatic heterocycles. The van der Waals surface area contributed by atoms with Gasteiger partial charge in [-0.25, -0.2) is 4.79 Å². The van der Waals surface area contributed by atoms with Gasteiger partial charge in [-0.3, -0.25) is 4.79 Å². The number of rotatable bonds is 7. The molecule has 0 spiro atoms. The van der Waals surface area contributed by atoms with Crippen LogP contribution in [0.2, 0.25) is 0 Å². The Morgan fingerprint density at radius 1 is 0.828 bits per heavy atom. The van der Waals surface area contributed by atoms with Gasteiger partial charge in [0.15, 0.2) is 6.10 Å². The van der Waals surface area contributed by atoms with E-state index < -0.39 is 12.1 Å². The van der Waals surface area contributed by atoms with Crippen LogP contribution in [-0.4, -0.2) is 17.9 Å². The lowest BCUT2D eigenvalue weighted by Crippen LogP contribution is -2.24. The molecule has 4 nitrogen and oxygen atoms in total. The largest absolute Gasteiger partial charge is 0.489 e. The Bertz CT molecular complexity index is 991. The first-order valence-corrected chi connectivity index (χ1v) is 9.53. The Morgan fingerprint density at radius 3 is 2.14 bits per heavy atom. The van der Waals surface area contributed by atoms with E-state index in [0.29, 0.717) is 23.5 Å². The number of aryl methyl sites for hydroxylation is 2. The van der Waals surface area contributed by atoms with Gasteiger partial charge in [0.1, 0.15) is 12.4 Å². The van der Waals surface area contributed by atoms with Gasteiger partial charge < -0.3 is 9.47 Å². The third-order valence-corrected chi connectivity index (χ3v) is 4.78. The topological polar surface area (TPSA) is 52.6 Å². The molecule has 29 heavy (non-hydrogen) atoms. The Labute approximate surface area is 171 Å². The number of ketones is 1. The van der Waals surface area contributed by atoms with Gasteiger partial charge in [-0.15, -0.1) is 0 Å². The van der Waals surface area contributed by atoms with E-state index in [2.05, 4.69) is 0 Å². The second-order valence-corrected chi connectivity index (χ2v) is 7.01. The predicted molar refractivity (Wildman–Crippen MR) is 112 cm³/mol. The minimum absolute atomic E-state index is 0.218. The van der Waals surface area contributed by atoms with Crippen molar-refractivity contribution < 1.29 is 19.1 Å². The van der Waals surface area contributed by atoms with Gasteiger partial charge in [0.05, 0.1) is 5.56 Å². The lowest BCUT2D eigenvalue weighted by Gasteiger charge is -2.13. The molecule has 3 aromatic carbocycles. The molecule has 0 N–H and O–H groups in total. The van der Waals surface area contributed by atoms with Crippen molar-refractivity contribution in [3.8, 4) is 5.75 Å². The lowest BCUT2D eigenvalue weighted by atomic mass is 10.0. The quantitative estimate of drug-likeness (QED) is 0.406. The average molecular weight is 388 g/mol. The minimum Gasteiger partial charge on any atom is -0.489 e. The van der Waals surface area contributed by atoms with Crippen molar-refractivity contribution in [3.63, 3.8) is 0 Å². The molecule has 0 radical (unpaired) electrons. The van der Waals surface area contributed by atoms with Crippen molar-refractivity contribution >= 4 is 11.8 Å². The van der Waals surface area contributed by atoms with Crippen LogP contribution in [0.5, 0.6) is 5.75 Å². The second-order valence-electron chi connectivity index (χ2n) is 7.01. The third-order valence-electron chi connectivity index (χ3n) is 4.78.